The van der Waals surface area contributed by atoms with Crippen molar-refractivity contribution in [3.05, 3.63) is 54.0 Å². The van der Waals surface area contributed by atoms with Gasteiger partial charge in [0.15, 0.2) is 0 Å². The molecule has 3 heterocycles. The minimum Gasteiger partial charge on any atom is -0.497 e. The molecule has 1 aliphatic heterocycles. The summed E-state index contributed by atoms with van der Waals surface area (Å²) < 4.78 is 12.5. The van der Waals surface area contributed by atoms with Crippen molar-refractivity contribution in [2.45, 2.75) is 32.4 Å². The van der Waals surface area contributed by atoms with Gasteiger partial charge in [0.05, 0.1) is 18.8 Å². The number of rotatable bonds is 5. The summed E-state index contributed by atoms with van der Waals surface area (Å²) >= 11 is 0. The summed E-state index contributed by atoms with van der Waals surface area (Å²) in [6.45, 7) is 3.54. The molecule has 0 aliphatic carbocycles. The highest BCUT2D eigenvalue weighted by molar-refractivity contribution is 5.93. The van der Waals surface area contributed by atoms with E-state index in [2.05, 4.69) is 17.2 Å². The van der Waals surface area contributed by atoms with Crippen molar-refractivity contribution < 1.29 is 14.1 Å². The molecule has 2 aromatic heterocycles. The van der Waals surface area contributed by atoms with Crippen molar-refractivity contribution in [1.82, 2.24) is 19.8 Å². The fraction of sp³-hybridized carbons (Fsp3) is 0.350. The van der Waals surface area contributed by atoms with E-state index in [9.17, 15) is 4.79 Å². The van der Waals surface area contributed by atoms with Crippen LogP contribution in [-0.2, 0) is 6.54 Å². The lowest BCUT2D eigenvalue weighted by atomic mass is 10.1. The highest BCUT2D eigenvalue weighted by Gasteiger charge is 2.34. The van der Waals surface area contributed by atoms with E-state index in [1.54, 1.807) is 19.4 Å². The van der Waals surface area contributed by atoms with Gasteiger partial charge in [-0.3, -0.25) is 9.48 Å². The number of nitrogens with zero attached hydrogens (tertiary/aromatic N) is 4. The van der Waals surface area contributed by atoms with Crippen LogP contribution in [0.25, 0.3) is 11.3 Å². The standard InChI is InChI=1S/C20H22N4O3/c1-3-24-18(10-11-21-24)17-5-4-12-23(17)20(25)19-13-16(22-27-19)14-6-8-15(26-2)9-7-14/h6-11,13,17H,3-5,12H2,1-2H3. The Morgan fingerprint density at radius 3 is 2.85 bits per heavy atom. The molecule has 4 rings (SSSR count). The molecule has 1 aliphatic rings. The smallest absolute Gasteiger partial charge is 0.293 e. The van der Waals surface area contributed by atoms with Gasteiger partial charge in [0.2, 0.25) is 5.76 Å². The number of carbonyl (C=O) groups is 1. The lowest BCUT2D eigenvalue weighted by molar-refractivity contribution is 0.0687. The third kappa shape index (κ3) is 3.20. The number of amides is 1. The van der Waals surface area contributed by atoms with Gasteiger partial charge in [0.25, 0.3) is 5.91 Å². The molecule has 0 spiro atoms. The summed E-state index contributed by atoms with van der Waals surface area (Å²) in [5, 5.41) is 8.41. The molecular formula is C20H22N4O3. The van der Waals surface area contributed by atoms with Crippen LogP contribution in [0.2, 0.25) is 0 Å². The van der Waals surface area contributed by atoms with Crippen molar-refractivity contribution >= 4 is 5.91 Å². The van der Waals surface area contributed by atoms with Crippen LogP contribution in [0.15, 0.2) is 47.1 Å². The van der Waals surface area contributed by atoms with Crippen molar-refractivity contribution in [3.8, 4) is 17.0 Å². The zero-order valence-corrected chi connectivity index (χ0v) is 15.5. The van der Waals surface area contributed by atoms with E-state index in [4.69, 9.17) is 9.26 Å². The second-order valence-electron chi connectivity index (χ2n) is 6.53. The Morgan fingerprint density at radius 2 is 2.11 bits per heavy atom. The molecule has 7 heteroatoms. The molecule has 3 aromatic rings. The maximum atomic E-state index is 13.0. The first-order valence-corrected chi connectivity index (χ1v) is 9.15. The average molecular weight is 366 g/mol. The molecule has 0 saturated carbocycles. The van der Waals surface area contributed by atoms with Gasteiger partial charge >= 0.3 is 0 Å². The number of methoxy groups -OCH3 is 1. The van der Waals surface area contributed by atoms with Crippen LogP contribution in [0.3, 0.4) is 0 Å². The number of likely N-dealkylation sites (tertiary alicyclic amines) is 1. The Kier molecular flexibility index (Phi) is 4.66. The van der Waals surface area contributed by atoms with Crippen LogP contribution < -0.4 is 4.74 Å². The van der Waals surface area contributed by atoms with Crippen LogP contribution in [0.5, 0.6) is 5.75 Å². The summed E-state index contributed by atoms with van der Waals surface area (Å²) in [5.41, 5.74) is 2.58. The molecule has 1 unspecified atom stereocenters. The van der Waals surface area contributed by atoms with Crippen molar-refractivity contribution in [1.29, 1.82) is 0 Å². The number of hydrogen-bond donors (Lipinski definition) is 0. The maximum absolute atomic E-state index is 13.0. The first kappa shape index (κ1) is 17.3. The minimum atomic E-state index is -0.131. The molecule has 7 nitrogen and oxygen atoms in total. The molecule has 1 aromatic carbocycles. The molecule has 1 atom stereocenters. The zero-order valence-electron chi connectivity index (χ0n) is 15.5. The van der Waals surface area contributed by atoms with Gasteiger partial charge in [0, 0.05) is 30.9 Å². The molecule has 27 heavy (non-hydrogen) atoms. The molecular weight excluding hydrogens is 344 g/mol. The maximum Gasteiger partial charge on any atom is 0.293 e. The average Bonchev–Trinajstić information content (AvgIpc) is 3.47. The quantitative estimate of drug-likeness (QED) is 0.690. The van der Waals surface area contributed by atoms with E-state index in [1.165, 1.54) is 0 Å². The SMILES string of the molecule is CCn1nccc1C1CCCN1C(=O)c1cc(-c2ccc(OC)cc2)no1. The largest absolute Gasteiger partial charge is 0.497 e. The van der Waals surface area contributed by atoms with Gasteiger partial charge in [-0.2, -0.15) is 5.10 Å². The number of aryl methyl sites for hydroxylation is 1. The summed E-state index contributed by atoms with van der Waals surface area (Å²) in [5.74, 6) is 0.898. The van der Waals surface area contributed by atoms with E-state index in [0.717, 1.165) is 36.4 Å². The van der Waals surface area contributed by atoms with Gasteiger partial charge in [-0.15, -0.1) is 0 Å². The second-order valence-corrected chi connectivity index (χ2v) is 6.53. The fourth-order valence-corrected chi connectivity index (χ4v) is 3.62. The highest BCUT2D eigenvalue weighted by atomic mass is 16.5. The number of benzene rings is 1. The predicted octanol–water partition coefficient (Wildman–Crippen LogP) is 3.54. The predicted molar refractivity (Wildman–Crippen MR) is 99.4 cm³/mol. The molecule has 1 amide bonds. The first-order chi connectivity index (χ1) is 13.2. The van der Waals surface area contributed by atoms with E-state index in [0.29, 0.717) is 12.2 Å². The van der Waals surface area contributed by atoms with Gasteiger partial charge < -0.3 is 14.2 Å². The number of carbonyl (C=O) groups excluding carboxylic acids is 1. The van der Waals surface area contributed by atoms with Crippen LogP contribution in [0, 0.1) is 0 Å². The van der Waals surface area contributed by atoms with Crippen LogP contribution in [0.4, 0.5) is 0 Å². The van der Waals surface area contributed by atoms with Crippen LogP contribution >= 0.6 is 0 Å². The summed E-state index contributed by atoms with van der Waals surface area (Å²) in [7, 11) is 1.62. The van der Waals surface area contributed by atoms with Crippen LogP contribution in [0.1, 0.15) is 42.1 Å². The van der Waals surface area contributed by atoms with E-state index >= 15 is 0 Å². The zero-order chi connectivity index (χ0) is 18.8. The number of aromatic nitrogens is 3. The van der Waals surface area contributed by atoms with Crippen molar-refractivity contribution in [2.24, 2.45) is 0 Å². The number of hydrogen-bond acceptors (Lipinski definition) is 5. The monoisotopic (exact) mass is 366 g/mol. The van der Waals surface area contributed by atoms with E-state index in [-0.39, 0.29) is 17.7 Å². The number of ether oxygens (including phenoxy) is 1. The molecule has 1 saturated heterocycles. The fourth-order valence-electron chi connectivity index (χ4n) is 3.62. The van der Waals surface area contributed by atoms with Gasteiger partial charge in [-0.1, -0.05) is 5.16 Å². The Balaban J connectivity index is 1.56. The molecule has 1 fully saturated rings. The Morgan fingerprint density at radius 1 is 1.30 bits per heavy atom. The van der Waals surface area contributed by atoms with Gasteiger partial charge in [-0.25, -0.2) is 0 Å². The van der Waals surface area contributed by atoms with Gasteiger partial charge in [-0.05, 0) is 50.1 Å². The first-order valence-electron chi connectivity index (χ1n) is 9.15. The Labute approximate surface area is 157 Å². The molecule has 0 radical (unpaired) electrons. The van der Waals surface area contributed by atoms with Crippen LogP contribution in [-0.4, -0.2) is 39.4 Å². The topological polar surface area (TPSA) is 73.4 Å². The Bertz CT molecular complexity index is 929. The highest BCUT2D eigenvalue weighted by Crippen LogP contribution is 2.33. The lowest BCUT2D eigenvalue weighted by Gasteiger charge is -2.24. The Hall–Kier alpha value is -3.09. The van der Waals surface area contributed by atoms with E-state index in [1.807, 2.05) is 39.9 Å². The third-order valence-electron chi connectivity index (χ3n) is 5.01. The molecule has 140 valence electrons. The third-order valence-corrected chi connectivity index (χ3v) is 5.01. The summed E-state index contributed by atoms with van der Waals surface area (Å²) in [4.78, 5) is 14.9. The normalized spacial score (nSPS) is 16.7. The van der Waals surface area contributed by atoms with Crippen molar-refractivity contribution in [3.63, 3.8) is 0 Å². The summed E-state index contributed by atoms with van der Waals surface area (Å²) in [6.07, 6.45) is 3.68. The molecule has 0 N–H and O–H groups in total. The second kappa shape index (κ2) is 7.26. The summed E-state index contributed by atoms with van der Waals surface area (Å²) in [6, 6.07) is 11.2. The molecule has 0 bridgehead atoms. The van der Waals surface area contributed by atoms with Crippen molar-refractivity contribution in [2.75, 3.05) is 13.7 Å². The minimum absolute atomic E-state index is 0.0227. The lowest BCUT2D eigenvalue weighted by Crippen LogP contribution is -2.31. The van der Waals surface area contributed by atoms with Gasteiger partial charge in [0.1, 0.15) is 11.4 Å². The van der Waals surface area contributed by atoms with E-state index < -0.39 is 0 Å².